The minimum atomic E-state index is -0.920. The van der Waals surface area contributed by atoms with E-state index < -0.39 is 23.5 Å². The zero-order chi connectivity index (χ0) is 26.3. The number of rotatable bonds is 8. The molecule has 188 valence electrons. The van der Waals surface area contributed by atoms with Gasteiger partial charge in [-0.3, -0.25) is 14.5 Å². The molecule has 0 spiro atoms. The number of nitrogens with zero attached hydrogens (tertiary/aromatic N) is 3. The molecule has 4 aromatic rings. The number of aromatic nitrogens is 2. The third-order valence-corrected chi connectivity index (χ3v) is 7.98. The molecule has 1 amide bonds. The molecule has 0 saturated carbocycles. The highest BCUT2D eigenvalue weighted by Gasteiger charge is 2.46. The summed E-state index contributed by atoms with van der Waals surface area (Å²) in [6.45, 7) is 7.52. The molecular weight excluding hydrogens is 510 g/mol. The second-order valence-electron chi connectivity index (χ2n) is 8.32. The van der Waals surface area contributed by atoms with E-state index >= 15 is 0 Å². The number of benzene rings is 2. The summed E-state index contributed by atoms with van der Waals surface area (Å²) in [5.41, 5.74) is 1.80. The Morgan fingerprint density at radius 3 is 2.68 bits per heavy atom. The molecule has 2 aromatic heterocycles. The number of Topliss-reactive ketones (excluding diaryl/α,β-unsaturated/α-hetero) is 1. The highest BCUT2D eigenvalue weighted by Crippen LogP contribution is 2.45. The molecule has 0 aliphatic carbocycles. The number of amides is 1. The van der Waals surface area contributed by atoms with Crippen molar-refractivity contribution >= 4 is 49.7 Å². The van der Waals surface area contributed by atoms with E-state index in [4.69, 9.17) is 9.47 Å². The lowest BCUT2D eigenvalue weighted by Crippen LogP contribution is -2.31. The van der Waals surface area contributed by atoms with E-state index in [-0.39, 0.29) is 5.57 Å². The van der Waals surface area contributed by atoms with Gasteiger partial charge in [0.2, 0.25) is 5.78 Å². The van der Waals surface area contributed by atoms with Crippen LogP contribution in [0, 0.1) is 13.8 Å². The van der Waals surface area contributed by atoms with E-state index in [1.54, 1.807) is 56.5 Å². The maximum Gasteiger partial charge on any atom is 0.296 e. The third kappa shape index (κ3) is 4.38. The van der Waals surface area contributed by atoms with Crippen LogP contribution in [0.3, 0.4) is 0 Å². The summed E-state index contributed by atoms with van der Waals surface area (Å²) in [5, 5.41) is 12.2. The smallest absolute Gasteiger partial charge is 0.296 e. The predicted molar refractivity (Wildman–Crippen MR) is 144 cm³/mol. The number of aryl methyl sites for hydroxylation is 2. The molecule has 0 bridgehead atoms. The van der Waals surface area contributed by atoms with Gasteiger partial charge in [0, 0.05) is 0 Å². The van der Waals surface area contributed by atoms with Gasteiger partial charge in [-0.05, 0) is 49.7 Å². The number of hydrogen-bond donors (Lipinski definition) is 1. The fourth-order valence-electron chi connectivity index (χ4n) is 4.27. The van der Waals surface area contributed by atoms with Gasteiger partial charge >= 0.3 is 0 Å². The van der Waals surface area contributed by atoms with Gasteiger partial charge in [0.15, 0.2) is 10.9 Å². The van der Waals surface area contributed by atoms with Crippen LogP contribution in [0.5, 0.6) is 11.5 Å². The summed E-state index contributed by atoms with van der Waals surface area (Å²) in [6.07, 6.45) is 1.63. The molecule has 8 nitrogen and oxygen atoms in total. The van der Waals surface area contributed by atoms with Crippen molar-refractivity contribution in [1.29, 1.82) is 0 Å². The monoisotopic (exact) mass is 533 g/mol. The Hall–Kier alpha value is -4.02. The van der Waals surface area contributed by atoms with Crippen molar-refractivity contribution in [3.8, 4) is 11.5 Å². The highest BCUT2D eigenvalue weighted by atomic mass is 32.1. The summed E-state index contributed by atoms with van der Waals surface area (Å²) in [6, 6.07) is 11.6. The number of hydrogen-bond acceptors (Lipinski definition) is 9. The van der Waals surface area contributed by atoms with Gasteiger partial charge < -0.3 is 14.6 Å². The number of carbonyl (C=O) groups is 2. The minimum Gasteiger partial charge on any atom is -0.503 e. The maximum absolute atomic E-state index is 13.8. The number of carbonyl (C=O) groups excluding carboxylic acids is 2. The van der Waals surface area contributed by atoms with Crippen molar-refractivity contribution in [2.24, 2.45) is 0 Å². The first kappa shape index (κ1) is 24.7. The number of aliphatic hydroxyl groups excluding tert-OH is 1. The fraction of sp³-hybridized carbons (Fsp3) is 0.185. The van der Waals surface area contributed by atoms with Crippen molar-refractivity contribution in [1.82, 2.24) is 9.97 Å². The van der Waals surface area contributed by atoms with E-state index in [0.717, 1.165) is 9.71 Å². The van der Waals surface area contributed by atoms with Gasteiger partial charge in [-0.15, -0.1) is 11.3 Å². The lowest BCUT2D eigenvalue weighted by atomic mass is 9.95. The van der Waals surface area contributed by atoms with Crippen LogP contribution in [0.4, 0.5) is 5.13 Å². The number of anilines is 1. The van der Waals surface area contributed by atoms with Crippen LogP contribution < -0.4 is 14.4 Å². The molecule has 1 aliphatic rings. The molecule has 2 aromatic carbocycles. The minimum absolute atomic E-state index is 0.0190. The highest BCUT2D eigenvalue weighted by molar-refractivity contribution is 7.22. The Morgan fingerprint density at radius 1 is 1.16 bits per heavy atom. The molecule has 3 heterocycles. The van der Waals surface area contributed by atoms with Crippen LogP contribution in [0.1, 0.15) is 32.0 Å². The van der Waals surface area contributed by atoms with Gasteiger partial charge in [0.25, 0.3) is 5.91 Å². The summed E-state index contributed by atoms with van der Waals surface area (Å²) in [5.74, 6) is -0.541. The van der Waals surface area contributed by atoms with Crippen molar-refractivity contribution in [2.45, 2.75) is 19.9 Å². The molecule has 1 N–H and O–H groups in total. The van der Waals surface area contributed by atoms with E-state index in [9.17, 15) is 14.7 Å². The molecule has 1 aliphatic heterocycles. The quantitative estimate of drug-likeness (QED) is 0.228. The average molecular weight is 534 g/mol. The molecule has 5 rings (SSSR count). The van der Waals surface area contributed by atoms with Crippen molar-refractivity contribution in [2.75, 3.05) is 18.6 Å². The van der Waals surface area contributed by atoms with Crippen molar-refractivity contribution < 1.29 is 24.2 Å². The van der Waals surface area contributed by atoms with E-state index in [0.29, 0.717) is 44.9 Å². The molecule has 10 heteroatoms. The Labute approximate surface area is 221 Å². The third-order valence-electron chi connectivity index (χ3n) is 5.89. The number of fused-ring (bicyclic) bond motifs is 1. The Morgan fingerprint density at radius 2 is 1.97 bits per heavy atom. The Kier molecular flexibility index (Phi) is 6.53. The zero-order valence-corrected chi connectivity index (χ0v) is 22.0. The lowest BCUT2D eigenvalue weighted by Gasteiger charge is -2.24. The van der Waals surface area contributed by atoms with Gasteiger partial charge in [0.1, 0.15) is 18.1 Å². The molecule has 0 saturated heterocycles. The van der Waals surface area contributed by atoms with Crippen molar-refractivity contribution in [3.63, 3.8) is 0 Å². The van der Waals surface area contributed by atoms with Crippen LogP contribution in [0.25, 0.3) is 10.2 Å². The first-order valence-corrected chi connectivity index (χ1v) is 13.0. The molecule has 0 fully saturated rings. The number of aliphatic hydroxyl groups is 1. The van der Waals surface area contributed by atoms with E-state index in [1.807, 2.05) is 13.0 Å². The topological polar surface area (TPSA) is 102 Å². The van der Waals surface area contributed by atoms with Crippen LogP contribution in [-0.4, -0.2) is 40.5 Å². The maximum atomic E-state index is 13.8. The normalized spacial score (nSPS) is 15.5. The lowest BCUT2D eigenvalue weighted by molar-refractivity contribution is -0.117. The first-order valence-electron chi connectivity index (χ1n) is 11.4. The first-order chi connectivity index (χ1) is 17.8. The van der Waals surface area contributed by atoms with Crippen molar-refractivity contribution in [3.05, 3.63) is 87.6 Å². The molecule has 1 atom stereocenters. The predicted octanol–water partition coefficient (Wildman–Crippen LogP) is 5.73. The zero-order valence-electron chi connectivity index (χ0n) is 20.3. The molecule has 37 heavy (non-hydrogen) atoms. The Bertz CT molecular complexity index is 1590. The molecule has 0 radical (unpaired) electrons. The van der Waals surface area contributed by atoms with Gasteiger partial charge in [-0.1, -0.05) is 36.1 Å². The standard InChI is InChI=1S/C27H23N3O5S2/c1-5-11-35-18-8-6-7-16(12-18)22-21(23(31)25-14(2)28-15(3)36-25)24(32)26(33)30(22)27-29-19-10-9-17(34-4)13-20(19)37-27/h5-10,12-13,22,32H,1,11H2,2-4H3. The molecule has 1 unspecified atom stereocenters. The summed E-state index contributed by atoms with van der Waals surface area (Å²) >= 11 is 2.50. The van der Waals surface area contributed by atoms with Gasteiger partial charge in [-0.25, -0.2) is 9.97 Å². The largest absolute Gasteiger partial charge is 0.503 e. The SMILES string of the molecule is C=CCOc1cccc(C2C(C(=O)c3sc(C)nc3C)=C(O)C(=O)N2c2nc3ccc(OC)cc3s2)c1. The second-order valence-corrected chi connectivity index (χ2v) is 10.5. The average Bonchev–Trinajstić information content (AvgIpc) is 3.54. The summed E-state index contributed by atoms with van der Waals surface area (Å²) in [7, 11) is 1.58. The Balaban J connectivity index is 1.67. The number of ketones is 1. The number of methoxy groups -OCH3 is 1. The van der Waals surface area contributed by atoms with Crippen LogP contribution in [0.15, 0.2) is 66.5 Å². The molecular formula is C27H23N3O5S2. The van der Waals surface area contributed by atoms with Crippen LogP contribution >= 0.6 is 22.7 Å². The number of ether oxygens (including phenoxy) is 2. The fourth-order valence-corrected chi connectivity index (χ4v) is 6.16. The van der Waals surface area contributed by atoms with Gasteiger partial charge in [-0.2, -0.15) is 0 Å². The van der Waals surface area contributed by atoms with Crippen LogP contribution in [-0.2, 0) is 4.79 Å². The summed E-state index contributed by atoms with van der Waals surface area (Å²) < 4.78 is 11.8. The van der Waals surface area contributed by atoms with Crippen LogP contribution in [0.2, 0.25) is 0 Å². The summed E-state index contributed by atoms with van der Waals surface area (Å²) in [4.78, 5) is 38.1. The van der Waals surface area contributed by atoms with E-state index in [1.165, 1.54) is 27.6 Å². The van der Waals surface area contributed by atoms with E-state index in [2.05, 4.69) is 16.5 Å². The number of thiazole rings is 2. The second kappa shape index (κ2) is 9.79. The van der Waals surface area contributed by atoms with Gasteiger partial charge in [0.05, 0.1) is 44.5 Å².